The van der Waals surface area contributed by atoms with Crippen LogP contribution >= 0.6 is 0 Å². The van der Waals surface area contributed by atoms with Crippen LogP contribution in [0, 0.1) is 5.92 Å². The first kappa shape index (κ1) is 13.1. The van der Waals surface area contributed by atoms with Gasteiger partial charge in [-0.15, -0.1) is 0 Å². The third kappa shape index (κ3) is 2.75. The van der Waals surface area contributed by atoms with Crippen molar-refractivity contribution in [2.75, 3.05) is 25.0 Å². The average molecular weight is 285 g/mol. The SMILES string of the molecule is c1cn2nccc2c(NC2CCN(CC3CCCC3)C2)n1. The number of hydrogen-bond donors (Lipinski definition) is 1. The maximum absolute atomic E-state index is 4.48. The fourth-order valence-corrected chi connectivity index (χ4v) is 3.84. The minimum atomic E-state index is 0.514. The highest BCUT2D eigenvalue weighted by Crippen LogP contribution is 2.27. The Bertz CT molecular complexity index is 601. The zero-order chi connectivity index (χ0) is 14.1. The molecule has 1 N–H and O–H groups in total. The van der Waals surface area contributed by atoms with Gasteiger partial charge < -0.3 is 10.2 Å². The lowest BCUT2D eigenvalue weighted by molar-refractivity contribution is 0.278. The lowest BCUT2D eigenvalue weighted by Crippen LogP contribution is -2.30. The Balaban J connectivity index is 1.38. The summed E-state index contributed by atoms with van der Waals surface area (Å²) < 4.78 is 1.88. The molecule has 1 saturated carbocycles. The molecule has 0 amide bonds. The summed E-state index contributed by atoms with van der Waals surface area (Å²) in [6, 6.07) is 2.53. The molecule has 1 atom stereocenters. The predicted molar refractivity (Wildman–Crippen MR) is 83.4 cm³/mol. The number of fused-ring (bicyclic) bond motifs is 1. The van der Waals surface area contributed by atoms with E-state index in [9.17, 15) is 0 Å². The number of rotatable bonds is 4. The van der Waals surface area contributed by atoms with E-state index in [4.69, 9.17) is 0 Å². The zero-order valence-corrected chi connectivity index (χ0v) is 12.4. The van der Waals surface area contributed by atoms with E-state index in [-0.39, 0.29) is 0 Å². The summed E-state index contributed by atoms with van der Waals surface area (Å²) in [4.78, 5) is 7.11. The second kappa shape index (κ2) is 5.64. The Morgan fingerprint density at radius 2 is 2.10 bits per heavy atom. The van der Waals surface area contributed by atoms with Crippen LogP contribution in [0.1, 0.15) is 32.1 Å². The van der Waals surface area contributed by atoms with Crippen molar-refractivity contribution in [2.45, 2.75) is 38.1 Å². The summed E-state index contributed by atoms with van der Waals surface area (Å²) >= 11 is 0. The van der Waals surface area contributed by atoms with Gasteiger partial charge >= 0.3 is 0 Å². The Kier molecular flexibility index (Phi) is 3.51. The van der Waals surface area contributed by atoms with Crippen LogP contribution in [0.25, 0.3) is 5.52 Å². The fourth-order valence-electron chi connectivity index (χ4n) is 3.84. The van der Waals surface area contributed by atoms with Gasteiger partial charge in [-0.2, -0.15) is 5.10 Å². The maximum Gasteiger partial charge on any atom is 0.152 e. The highest BCUT2D eigenvalue weighted by atomic mass is 15.2. The number of nitrogens with zero attached hydrogens (tertiary/aromatic N) is 4. The first-order valence-corrected chi connectivity index (χ1v) is 8.16. The molecule has 4 rings (SSSR count). The van der Waals surface area contributed by atoms with Crippen LogP contribution in [0.5, 0.6) is 0 Å². The Hall–Kier alpha value is -1.62. The molecule has 2 aliphatic rings. The number of anilines is 1. The van der Waals surface area contributed by atoms with E-state index in [1.807, 2.05) is 29.2 Å². The quantitative estimate of drug-likeness (QED) is 0.937. The van der Waals surface area contributed by atoms with E-state index in [0.29, 0.717) is 6.04 Å². The van der Waals surface area contributed by atoms with Crippen molar-refractivity contribution < 1.29 is 0 Å². The molecule has 0 bridgehead atoms. The average Bonchev–Trinajstić information content (AvgIpc) is 3.21. The topological polar surface area (TPSA) is 45.5 Å². The van der Waals surface area contributed by atoms with Gasteiger partial charge in [0.2, 0.25) is 0 Å². The van der Waals surface area contributed by atoms with E-state index in [0.717, 1.165) is 23.8 Å². The van der Waals surface area contributed by atoms with Gasteiger partial charge in [-0.25, -0.2) is 9.50 Å². The van der Waals surface area contributed by atoms with E-state index >= 15 is 0 Å². The summed E-state index contributed by atoms with van der Waals surface area (Å²) in [6.45, 7) is 3.66. The van der Waals surface area contributed by atoms with Gasteiger partial charge in [0.1, 0.15) is 5.52 Å². The number of nitrogens with one attached hydrogen (secondary N) is 1. The van der Waals surface area contributed by atoms with Gasteiger partial charge in [0.05, 0.1) is 6.20 Å². The molecule has 1 saturated heterocycles. The first-order valence-electron chi connectivity index (χ1n) is 8.16. The van der Waals surface area contributed by atoms with Crippen molar-refractivity contribution in [2.24, 2.45) is 5.92 Å². The zero-order valence-electron chi connectivity index (χ0n) is 12.4. The Morgan fingerprint density at radius 1 is 1.19 bits per heavy atom. The molecule has 1 unspecified atom stereocenters. The molecule has 0 aromatic carbocycles. The Morgan fingerprint density at radius 3 is 3.00 bits per heavy atom. The van der Waals surface area contributed by atoms with Crippen LogP contribution in [0.15, 0.2) is 24.7 Å². The lowest BCUT2D eigenvalue weighted by Gasteiger charge is -2.20. The second-order valence-electron chi connectivity index (χ2n) is 6.48. The van der Waals surface area contributed by atoms with Crippen molar-refractivity contribution in [1.29, 1.82) is 0 Å². The third-order valence-electron chi connectivity index (χ3n) is 4.93. The molecule has 2 aromatic rings. The minimum Gasteiger partial charge on any atom is -0.364 e. The minimum absolute atomic E-state index is 0.514. The van der Waals surface area contributed by atoms with Crippen molar-refractivity contribution >= 4 is 11.3 Å². The molecular weight excluding hydrogens is 262 g/mol. The lowest BCUT2D eigenvalue weighted by atomic mass is 10.1. The van der Waals surface area contributed by atoms with Gasteiger partial charge in [-0.3, -0.25) is 0 Å². The summed E-state index contributed by atoms with van der Waals surface area (Å²) in [5.41, 5.74) is 1.06. The molecule has 5 heteroatoms. The molecule has 3 heterocycles. The monoisotopic (exact) mass is 285 g/mol. The molecule has 2 fully saturated rings. The van der Waals surface area contributed by atoms with Gasteiger partial charge in [-0.05, 0) is 31.2 Å². The van der Waals surface area contributed by atoms with Gasteiger partial charge in [0.15, 0.2) is 5.82 Å². The van der Waals surface area contributed by atoms with Gasteiger partial charge in [0, 0.05) is 38.1 Å². The van der Waals surface area contributed by atoms with Crippen LogP contribution in [0.2, 0.25) is 0 Å². The van der Waals surface area contributed by atoms with E-state index in [1.54, 1.807) is 0 Å². The highest BCUT2D eigenvalue weighted by Gasteiger charge is 2.26. The summed E-state index contributed by atoms with van der Waals surface area (Å²) in [6.07, 6.45) is 12.5. The first-order chi connectivity index (χ1) is 10.4. The van der Waals surface area contributed by atoms with Crippen molar-refractivity contribution in [3.8, 4) is 0 Å². The summed E-state index contributed by atoms with van der Waals surface area (Å²) in [7, 11) is 0. The highest BCUT2D eigenvalue weighted by molar-refractivity contribution is 5.67. The molecule has 0 radical (unpaired) electrons. The van der Waals surface area contributed by atoms with Crippen LogP contribution in [0.4, 0.5) is 5.82 Å². The normalized spacial score (nSPS) is 24.1. The van der Waals surface area contributed by atoms with Crippen LogP contribution in [-0.2, 0) is 0 Å². The summed E-state index contributed by atoms with van der Waals surface area (Å²) in [5, 5.41) is 7.87. The number of hydrogen-bond acceptors (Lipinski definition) is 4. The van der Waals surface area contributed by atoms with Crippen LogP contribution < -0.4 is 5.32 Å². The van der Waals surface area contributed by atoms with E-state index < -0.39 is 0 Å². The van der Waals surface area contributed by atoms with Crippen LogP contribution in [-0.4, -0.2) is 45.2 Å². The largest absolute Gasteiger partial charge is 0.364 e. The van der Waals surface area contributed by atoms with Gasteiger partial charge in [0.25, 0.3) is 0 Å². The maximum atomic E-state index is 4.48. The molecule has 5 nitrogen and oxygen atoms in total. The molecule has 112 valence electrons. The van der Waals surface area contributed by atoms with Gasteiger partial charge in [-0.1, -0.05) is 12.8 Å². The van der Waals surface area contributed by atoms with E-state index in [2.05, 4.69) is 20.3 Å². The predicted octanol–water partition coefficient (Wildman–Crippen LogP) is 2.41. The molecule has 0 spiro atoms. The molecule has 2 aromatic heterocycles. The van der Waals surface area contributed by atoms with Crippen LogP contribution in [0.3, 0.4) is 0 Å². The van der Waals surface area contributed by atoms with Crippen molar-refractivity contribution in [3.05, 3.63) is 24.7 Å². The fraction of sp³-hybridized carbons (Fsp3) is 0.625. The number of likely N-dealkylation sites (tertiary alicyclic amines) is 1. The Labute approximate surface area is 125 Å². The van der Waals surface area contributed by atoms with Crippen molar-refractivity contribution in [3.63, 3.8) is 0 Å². The van der Waals surface area contributed by atoms with Crippen molar-refractivity contribution in [1.82, 2.24) is 19.5 Å². The second-order valence-corrected chi connectivity index (χ2v) is 6.48. The third-order valence-corrected chi connectivity index (χ3v) is 4.93. The molecule has 1 aliphatic carbocycles. The summed E-state index contributed by atoms with van der Waals surface area (Å²) in [5.74, 6) is 1.91. The standard InChI is InChI=1S/C16H23N5/c1-2-4-13(3-1)11-20-9-6-14(12-20)19-16-15-5-7-18-21(15)10-8-17-16/h5,7-8,10,13-14H,1-4,6,9,11-12H2,(H,17,19). The number of aromatic nitrogens is 3. The smallest absolute Gasteiger partial charge is 0.152 e. The van der Waals surface area contributed by atoms with E-state index in [1.165, 1.54) is 45.2 Å². The molecule has 21 heavy (non-hydrogen) atoms. The molecular formula is C16H23N5. The molecule has 1 aliphatic heterocycles.